The summed E-state index contributed by atoms with van der Waals surface area (Å²) in [6.07, 6.45) is 0. The van der Waals surface area contributed by atoms with Crippen LogP contribution in [0.1, 0.15) is 12.7 Å². The van der Waals surface area contributed by atoms with Crippen molar-refractivity contribution in [2.24, 2.45) is 5.84 Å². The first-order chi connectivity index (χ1) is 10.1. The van der Waals surface area contributed by atoms with Crippen molar-refractivity contribution >= 4 is 40.8 Å². The maximum Gasteiger partial charge on any atom is 0.157 e. The minimum absolute atomic E-state index is 0.322. The topological polar surface area (TPSA) is 73.1 Å². The van der Waals surface area contributed by atoms with Crippen LogP contribution in [0.4, 0.5) is 5.82 Å². The zero-order valence-corrected chi connectivity index (χ0v) is 13.6. The first kappa shape index (κ1) is 16.3. The molecule has 0 unspecified atom stereocenters. The quantitative estimate of drug-likeness (QED) is 0.472. The molecular weight excluding hydrogens is 331 g/mol. The second kappa shape index (κ2) is 7.82. The Morgan fingerprint density at radius 2 is 2.10 bits per heavy atom. The number of nitrogens with one attached hydrogen (secondary N) is 1. The minimum atomic E-state index is 0.322. The Morgan fingerprint density at radius 3 is 2.81 bits per heavy atom. The summed E-state index contributed by atoms with van der Waals surface area (Å²) in [6, 6.07) is 7.00. The average Bonchev–Trinajstić information content (AvgIpc) is 2.48. The van der Waals surface area contributed by atoms with Gasteiger partial charge in [0, 0.05) is 22.6 Å². The molecule has 112 valence electrons. The molecule has 1 heterocycles. The van der Waals surface area contributed by atoms with E-state index in [-0.39, 0.29) is 0 Å². The number of hydrogen-bond donors (Lipinski definition) is 2. The van der Waals surface area contributed by atoms with E-state index in [1.807, 2.05) is 6.92 Å². The van der Waals surface area contributed by atoms with Crippen molar-refractivity contribution in [3.63, 3.8) is 0 Å². The van der Waals surface area contributed by atoms with Gasteiger partial charge in [0.1, 0.15) is 17.5 Å². The predicted octanol–water partition coefficient (Wildman–Crippen LogP) is 3.76. The molecule has 5 nitrogen and oxygen atoms in total. The SMILES string of the molecule is CCOCc1nc(NN)cc(Sc2cc(Cl)ccc2Cl)n1. The summed E-state index contributed by atoms with van der Waals surface area (Å²) in [6.45, 7) is 2.82. The molecule has 0 radical (unpaired) electrons. The summed E-state index contributed by atoms with van der Waals surface area (Å²) >= 11 is 13.5. The van der Waals surface area contributed by atoms with Gasteiger partial charge in [-0.2, -0.15) is 0 Å². The van der Waals surface area contributed by atoms with Crippen molar-refractivity contribution in [2.75, 3.05) is 12.0 Å². The first-order valence-electron chi connectivity index (χ1n) is 6.17. The molecule has 1 aromatic carbocycles. The number of ether oxygens (including phenoxy) is 1. The maximum atomic E-state index is 6.16. The van der Waals surface area contributed by atoms with Gasteiger partial charge in [0.2, 0.25) is 0 Å². The van der Waals surface area contributed by atoms with Crippen LogP contribution < -0.4 is 11.3 Å². The number of halogens is 2. The number of nitrogens with zero attached hydrogens (tertiary/aromatic N) is 2. The van der Waals surface area contributed by atoms with Crippen molar-refractivity contribution < 1.29 is 4.74 Å². The lowest BCUT2D eigenvalue weighted by Gasteiger charge is -2.08. The van der Waals surface area contributed by atoms with E-state index in [1.54, 1.807) is 24.3 Å². The normalized spacial score (nSPS) is 10.7. The number of anilines is 1. The highest BCUT2D eigenvalue weighted by molar-refractivity contribution is 7.99. The summed E-state index contributed by atoms with van der Waals surface area (Å²) in [7, 11) is 0. The van der Waals surface area contributed by atoms with Gasteiger partial charge in [-0.3, -0.25) is 0 Å². The van der Waals surface area contributed by atoms with Crippen LogP contribution in [0.25, 0.3) is 0 Å². The van der Waals surface area contributed by atoms with Gasteiger partial charge in [0.05, 0.1) is 5.02 Å². The molecule has 0 saturated carbocycles. The molecule has 0 aliphatic rings. The number of hydrogen-bond acceptors (Lipinski definition) is 6. The minimum Gasteiger partial charge on any atom is -0.374 e. The number of benzene rings is 1. The molecule has 0 bridgehead atoms. The molecule has 1 aromatic heterocycles. The van der Waals surface area contributed by atoms with Crippen molar-refractivity contribution in [3.05, 3.63) is 40.1 Å². The van der Waals surface area contributed by atoms with Gasteiger partial charge in [-0.05, 0) is 25.1 Å². The monoisotopic (exact) mass is 344 g/mol. The zero-order chi connectivity index (χ0) is 15.2. The third-order valence-electron chi connectivity index (χ3n) is 2.44. The molecule has 3 N–H and O–H groups in total. The second-order valence-electron chi connectivity index (χ2n) is 3.97. The maximum absolute atomic E-state index is 6.16. The molecule has 8 heteroatoms. The molecule has 0 aliphatic heterocycles. The highest BCUT2D eigenvalue weighted by Gasteiger charge is 2.09. The van der Waals surface area contributed by atoms with Crippen LogP contribution in [0.2, 0.25) is 10.0 Å². The highest BCUT2D eigenvalue weighted by Crippen LogP contribution is 2.34. The summed E-state index contributed by atoms with van der Waals surface area (Å²) in [5.41, 5.74) is 2.52. The summed E-state index contributed by atoms with van der Waals surface area (Å²) in [5.74, 6) is 6.49. The van der Waals surface area contributed by atoms with E-state index in [2.05, 4.69) is 15.4 Å². The number of rotatable bonds is 6. The number of aromatic nitrogens is 2. The van der Waals surface area contributed by atoms with Crippen LogP contribution in [0, 0.1) is 0 Å². The van der Waals surface area contributed by atoms with Gasteiger partial charge in [-0.1, -0.05) is 35.0 Å². The molecule has 0 amide bonds. The lowest BCUT2D eigenvalue weighted by atomic mass is 10.4. The standard InChI is InChI=1S/C13H14Cl2N4OS/c1-2-20-7-12-17-11(19-16)6-13(18-12)21-10-5-8(14)3-4-9(10)15/h3-6H,2,7,16H2,1H3,(H,17,18,19). The van der Waals surface area contributed by atoms with Gasteiger partial charge in [-0.25, -0.2) is 15.8 Å². The van der Waals surface area contributed by atoms with E-state index in [0.717, 1.165) is 4.90 Å². The molecule has 21 heavy (non-hydrogen) atoms. The Balaban J connectivity index is 2.27. The molecule has 0 saturated heterocycles. The molecule has 0 fully saturated rings. The zero-order valence-electron chi connectivity index (χ0n) is 11.3. The van der Waals surface area contributed by atoms with Gasteiger partial charge < -0.3 is 10.2 Å². The number of nitrogens with two attached hydrogens (primary N) is 1. The van der Waals surface area contributed by atoms with E-state index in [4.69, 9.17) is 33.8 Å². The average molecular weight is 345 g/mol. The van der Waals surface area contributed by atoms with Crippen LogP contribution in [0.5, 0.6) is 0 Å². The van der Waals surface area contributed by atoms with Crippen LogP contribution in [-0.4, -0.2) is 16.6 Å². The third kappa shape index (κ3) is 4.72. The molecule has 2 rings (SSSR count). The van der Waals surface area contributed by atoms with E-state index in [0.29, 0.717) is 39.9 Å². The van der Waals surface area contributed by atoms with Crippen molar-refractivity contribution in [1.29, 1.82) is 0 Å². The summed E-state index contributed by atoms with van der Waals surface area (Å²) in [5, 5.41) is 1.93. The smallest absolute Gasteiger partial charge is 0.157 e. The van der Waals surface area contributed by atoms with Crippen molar-refractivity contribution in [3.8, 4) is 0 Å². The number of hydrazine groups is 1. The first-order valence-corrected chi connectivity index (χ1v) is 7.75. The molecule has 2 aromatic rings. The fourth-order valence-electron chi connectivity index (χ4n) is 1.52. The Morgan fingerprint density at radius 1 is 1.29 bits per heavy atom. The summed E-state index contributed by atoms with van der Waals surface area (Å²) < 4.78 is 5.32. The summed E-state index contributed by atoms with van der Waals surface area (Å²) in [4.78, 5) is 9.45. The fourth-order valence-corrected chi connectivity index (χ4v) is 2.89. The van der Waals surface area contributed by atoms with Gasteiger partial charge in [0.15, 0.2) is 5.82 Å². The third-order valence-corrected chi connectivity index (χ3v) is 4.09. The predicted molar refractivity (Wildman–Crippen MR) is 85.8 cm³/mol. The van der Waals surface area contributed by atoms with E-state index in [9.17, 15) is 0 Å². The van der Waals surface area contributed by atoms with Gasteiger partial charge >= 0.3 is 0 Å². The highest BCUT2D eigenvalue weighted by atomic mass is 35.5. The lowest BCUT2D eigenvalue weighted by Crippen LogP contribution is -2.11. The lowest BCUT2D eigenvalue weighted by molar-refractivity contribution is 0.128. The van der Waals surface area contributed by atoms with Gasteiger partial charge in [-0.15, -0.1) is 0 Å². The molecular formula is C13H14Cl2N4OS. The van der Waals surface area contributed by atoms with Crippen LogP contribution in [0.3, 0.4) is 0 Å². The van der Waals surface area contributed by atoms with Crippen LogP contribution >= 0.6 is 35.0 Å². The van der Waals surface area contributed by atoms with E-state index in [1.165, 1.54) is 11.8 Å². The molecule has 0 aliphatic carbocycles. The second-order valence-corrected chi connectivity index (χ2v) is 5.87. The Kier molecular flexibility index (Phi) is 6.08. The largest absolute Gasteiger partial charge is 0.374 e. The van der Waals surface area contributed by atoms with Crippen LogP contribution in [0.15, 0.2) is 34.2 Å². The van der Waals surface area contributed by atoms with Crippen LogP contribution in [-0.2, 0) is 11.3 Å². The van der Waals surface area contributed by atoms with Gasteiger partial charge in [0.25, 0.3) is 0 Å². The van der Waals surface area contributed by atoms with E-state index < -0.39 is 0 Å². The Labute approximate surface area is 137 Å². The van der Waals surface area contributed by atoms with E-state index >= 15 is 0 Å². The number of nitrogen functional groups attached to an aromatic ring is 1. The Hall–Kier alpha value is -1.05. The van der Waals surface area contributed by atoms with Crippen molar-refractivity contribution in [1.82, 2.24) is 9.97 Å². The molecule has 0 spiro atoms. The fraction of sp³-hybridized carbons (Fsp3) is 0.231. The van der Waals surface area contributed by atoms with Crippen molar-refractivity contribution in [2.45, 2.75) is 23.5 Å². The Bertz CT molecular complexity index is 627. The molecule has 0 atom stereocenters.